The van der Waals surface area contributed by atoms with Crippen LogP contribution in [-0.2, 0) is 0 Å². The number of hydrogen-bond acceptors (Lipinski definition) is 2. The van der Waals surface area contributed by atoms with Crippen molar-refractivity contribution in [3.63, 3.8) is 0 Å². The van der Waals surface area contributed by atoms with Crippen LogP contribution in [-0.4, -0.2) is 19.0 Å². The first-order valence-corrected chi connectivity index (χ1v) is 7.85. The molecule has 1 nitrogen and oxygen atoms in total. The molecule has 0 N–H and O–H groups in total. The van der Waals surface area contributed by atoms with E-state index < -0.39 is 0 Å². The lowest BCUT2D eigenvalue weighted by molar-refractivity contribution is 0.292. The fourth-order valence-electron chi connectivity index (χ4n) is 3.04. The molecular formula is C15H25NS. The van der Waals surface area contributed by atoms with Gasteiger partial charge in [-0.1, -0.05) is 26.2 Å². The van der Waals surface area contributed by atoms with Gasteiger partial charge in [-0.05, 0) is 56.3 Å². The van der Waals surface area contributed by atoms with Crippen LogP contribution in [0.25, 0.3) is 0 Å². The SMILES string of the molecule is CCC(c1csc(C2CCCCC2)c1)N(C)C. The topological polar surface area (TPSA) is 3.24 Å². The highest BCUT2D eigenvalue weighted by Crippen LogP contribution is 2.37. The van der Waals surface area contributed by atoms with E-state index >= 15 is 0 Å². The third kappa shape index (κ3) is 3.11. The molecule has 1 heterocycles. The largest absolute Gasteiger partial charge is 0.302 e. The van der Waals surface area contributed by atoms with E-state index in [0.29, 0.717) is 6.04 Å². The molecule has 1 fully saturated rings. The molecule has 2 rings (SSSR count). The van der Waals surface area contributed by atoms with Crippen molar-refractivity contribution in [3.8, 4) is 0 Å². The maximum absolute atomic E-state index is 2.48. The van der Waals surface area contributed by atoms with Gasteiger partial charge in [0.2, 0.25) is 0 Å². The van der Waals surface area contributed by atoms with Crippen LogP contribution in [0.15, 0.2) is 11.4 Å². The molecule has 17 heavy (non-hydrogen) atoms. The molecule has 96 valence electrons. The van der Waals surface area contributed by atoms with Gasteiger partial charge >= 0.3 is 0 Å². The van der Waals surface area contributed by atoms with Crippen molar-refractivity contribution in [1.29, 1.82) is 0 Å². The molecule has 1 atom stereocenters. The molecule has 1 saturated carbocycles. The molecule has 0 amide bonds. The van der Waals surface area contributed by atoms with E-state index in [1.165, 1.54) is 44.1 Å². The Kier molecular flexibility index (Phi) is 4.63. The van der Waals surface area contributed by atoms with E-state index in [1.54, 1.807) is 4.88 Å². The summed E-state index contributed by atoms with van der Waals surface area (Å²) in [6.45, 7) is 2.28. The first kappa shape index (κ1) is 13.1. The van der Waals surface area contributed by atoms with E-state index in [1.807, 2.05) is 11.3 Å². The Bertz CT molecular complexity index is 336. The molecule has 1 aromatic rings. The van der Waals surface area contributed by atoms with E-state index in [2.05, 4.69) is 37.4 Å². The summed E-state index contributed by atoms with van der Waals surface area (Å²) >= 11 is 1.99. The quantitative estimate of drug-likeness (QED) is 0.742. The van der Waals surface area contributed by atoms with Gasteiger partial charge in [0, 0.05) is 10.9 Å². The van der Waals surface area contributed by atoms with Crippen LogP contribution in [0.3, 0.4) is 0 Å². The van der Waals surface area contributed by atoms with Gasteiger partial charge in [0.1, 0.15) is 0 Å². The highest BCUT2D eigenvalue weighted by atomic mass is 32.1. The Morgan fingerprint density at radius 1 is 1.29 bits per heavy atom. The van der Waals surface area contributed by atoms with E-state index in [0.717, 1.165) is 5.92 Å². The summed E-state index contributed by atoms with van der Waals surface area (Å²) in [5.41, 5.74) is 1.53. The third-order valence-electron chi connectivity index (χ3n) is 4.04. The number of rotatable bonds is 4. The van der Waals surface area contributed by atoms with Crippen molar-refractivity contribution in [3.05, 3.63) is 21.9 Å². The summed E-state index contributed by atoms with van der Waals surface area (Å²) in [5, 5.41) is 2.39. The predicted octanol–water partition coefficient (Wildman–Crippen LogP) is 4.81. The minimum atomic E-state index is 0.601. The number of nitrogens with zero attached hydrogens (tertiary/aromatic N) is 1. The Morgan fingerprint density at radius 3 is 2.59 bits per heavy atom. The highest BCUT2D eigenvalue weighted by molar-refractivity contribution is 7.10. The normalized spacial score (nSPS) is 19.8. The summed E-state index contributed by atoms with van der Waals surface area (Å²) in [4.78, 5) is 3.98. The molecule has 1 unspecified atom stereocenters. The third-order valence-corrected chi connectivity index (χ3v) is 5.16. The van der Waals surface area contributed by atoms with Crippen LogP contribution in [0.2, 0.25) is 0 Å². The van der Waals surface area contributed by atoms with Gasteiger partial charge in [-0.25, -0.2) is 0 Å². The first-order valence-electron chi connectivity index (χ1n) is 6.97. The van der Waals surface area contributed by atoms with Crippen molar-refractivity contribution in [2.75, 3.05) is 14.1 Å². The lowest BCUT2D eigenvalue weighted by Gasteiger charge is -2.22. The molecule has 0 bridgehead atoms. The minimum absolute atomic E-state index is 0.601. The molecule has 0 spiro atoms. The Labute approximate surface area is 110 Å². The van der Waals surface area contributed by atoms with Gasteiger partial charge in [-0.3, -0.25) is 0 Å². The van der Waals surface area contributed by atoms with Crippen LogP contribution in [0.1, 0.15) is 67.8 Å². The summed E-state index contributed by atoms with van der Waals surface area (Å²) in [5.74, 6) is 0.863. The van der Waals surface area contributed by atoms with Crippen molar-refractivity contribution in [2.24, 2.45) is 0 Å². The molecule has 0 radical (unpaired) electrons. The summed E-state index contributed by atoms with van der Waals surface area (Å²) in [6.07, 6.45) is 8.35. The van der Waals surface area contributed by atoms with Gasteiger partial charge in [0.25, 0.3) is 0 Å². The average Bonchev–Trinajstić information content (AvgIpc) is 2.80. The lowest BCUT2D eigenvalue weighted by Crippen LogP contribution is -2.18. The molecule has 2 heteroatoms. The van der Waals surface area contributed by atoms with E-state index in [-0.39, 0.29) is 0 Å². The molecule has 1 aromatic heterocycles. The summed E-state index contributed by atoms with van der Waals surface area (Å²) in [6, 6.07) is 3.08. The molecule has 0 aromatic carbocycles. The lowest BCUT2D eigenvalue weighted by atomic mass is 9.88. The zero-order chi connectivity index (χ0) is 12.3. The van der Waals surface area contributed by atoms with Gasteiger partial charge < -0.3 is 4.90 Å². The summed E-state index contributed by atoms with van der Waals surface area (Å²) < 4.78 is 0. The second kappa shape index (κ2) is 6.01. The summed E-state index contributed by atoms with van der Waals surface area (Å²) in [7, 11) is 4.37. The van der Waals surface area contributed by atoms with Crippen molar-refractivity contribution < 1.29 is 0 Å². The second-order valence-corrected chi connectivity index (χ2v) is 6.45. The number of thiophene rings is 1. The van der Waals surface area contributed by atoms with E-state index in [4.69, 9.17) is 0 Å². The fraction of sp³-hybridized carbons (Fsp3) is 0.733. The predicted molar refractivity (Wildman–Crippen MR) is 76.9 cm³/mol. The number of hydrogen-bond donors (Lipinski definition) is 0. The molecule has 1 aliphatic carbocycles. The maximum Gasteiger partial charge on any atom is 0.0347 e. The average molecular weight is 251 g/mol. The van der Waals surface area contributed by atoms with Crippen LogP contribution in [0.5, 0.6) is 0 Å². The maximum atomic E-state index is 2.48. The van der Waals surface area contributed by atoms with Gasteiger partial charge in [-0.15, -0.1) is 11.3 Å². The Hall–Kier alpha value is -0.340. The van der Waals surface area contributed by atoms with Crippen LogP contribution in [0, 0.1) is 0 Å². The van der Waals surface area contributed by atoms with Gasteiger partial charge in [0.05, 0.1) is 0 Å². The highest BCUT2D eigenvalue weighted by Gasteiger charge is 2.19. The van der Waals surface area contributed by atoms with Crippen LogP contribution >= 0.6 is 11.3 Å². The van der Waals surface area contributed by atoms with Gasteiger partial charge in [-0.2, -0.15) is 0 Å². The second-order valence-electron chi connectivity index (χ2n) is 5.51. The Balaban J connectivity index is 2.08. The molecule has 0 aliphatic heterocycles. The van der Waals surface area contributed by atoms with E-state index in [9.17, 15) is 0 Å². The van der Waals surface area contributed by atoms with Crippen molar-refractivity contribution in [1.82, 2.24) is 4.90 Å². The molecule has 1 aliphatic rings. The van der Waals surface area contributed by atoms with Crippen molar-refractivity contribution >= 4 is 11.3 Å². The first-order chi connectivity index (χ1) is 8.22. The molecular weight excluding hydrogens is 226 g/mol. The zero-order valence-corrected chi connectivity index (χ0v) is 12.2. The standard InChI is InChI=1S/C15H25NS/c1-4-14(16(2)3)13-10-15(17-11-13)12-8-6-5-7-9-12/h10-12,14H,4-9H2,1-3H3. The van der Waals surface area contributed by atoms with Crippen molar-refractivity contribution in [2.45, 2.75) is 57.4 Å². The van der Waals surface area contributed by atoms with Crippen LogP contribution in [0.4, 0.5) is 0 Å². The fourth-order valence-corrected chi connectivity index (χ4v) is 4.17. The minimum Gasteiger partial charge on any atom is -0.302 e. The van der Waals surface area contributed by atoms with Crippen LogP contribution < -0.4 is 0 Å². The smallest absolute Gasteiger partial charge is 0.0347 e. The monoisotopic (exact) mass is 251 g/mol. The zero-order valence-electron chi connectivity index (χ0n) is 11.4. The Morgan fingerprint density at radius 2 is 2.00 bits per heavy atom. The molecule has 0 saturated heterocycles. The van der Waals surface area contributed by atoms with Gasteiger partial charge in [0.15, 0.2) is 0 Å².